The van der Waals surface area contributed by atoms with E-state index in [1.54, 1.807) is 7.11 Å². The number of aryl methyl sites for hydroxylation is 1. The predicted octanol–water partition coefficient (Wildman–Crippen LogP) is 3.33. The second kappa shape index (κ2) is 5.75. The summed E-state index contributed by atoms with van der Waals surface area (Å²) in [5.41, 5.74) is 3.04. The zero-order valence-electron chi connectivity index (χ0n) is 11.9. The number of hydrogen-bond donors (Lipinski definition) is 1. The molecule has 1 saturated carbocycles. The summed E-state index contributed by atoms with van der Waals surface area (Å²) in [6.45, 7) is 2.20. The summed E-state index contributed by atoms with van der Waals surface area (Å²) in [5.74, 6) is 1.04. The average Bonchev–Trinajstić information content (AvgIpc) is 2.88. The molecule has 2 nitrogen and oxygen atoms in total. The first kappa shape index (κ1) is 13.4. The molecule has 0 amide bonds. The number of ether oxygens (including phenoxy) is 1. The van der Waals surface area contributed by atoms with Crippen molar-refractivity contribution in [3.05, 3.63) is 29.3 Å². The molecule has 0 atom stereocenters. The molecule has 18 heavy (non-hydrogen) atoms. The lowest BCUT2D eigenvalue weighted by Crippen LogP contribution is -2.42. The van der Waals surface area contributed by atoms with Gasteiger partial charge >= 0.3 is 0 Å². The van der Waals surface area contributed by atoms with Gasteiger partial charge in [-0.25, -0.2) is 0 Å². The van der Waals surface area contributed by atoms with Crippen LogP contribution in [0.15, 0.2) is 18.2 Å². The van der Waals surface area contributed by atoms with E-state index in [2.05, 4.69) is 37.5 Å². The maximum atomic E-state index is 5.52. The van der Waals surface area contributed by atoms with Gasteiger partial charge in [0.1, 0.15) is 5.75 Å². The Balaban J connectivity index is 2.25. The van der Waals surface area contributed by atoms with Gasteiger partial charge in [-0.3, -0.25) is 0 Å². The van der Waals surface area contributed by atoms with Crippen LogP contribution in [0.25, 0.3) is 0 Å². The van der Waals surface area contributed by atoms with E-state index in [4.69, 9.17) is 4.74 Å². The van der Waals surface area contributed by atoms with E-state index >= 15 is 0 Å². The fourth-order valence-electron chi connectivity index (χ4n) is 3.12. The van der Waals surface area contributed by atoms with Crippen LogP contribution in [0.1, 0.15) is 43.7 Å². The highest BCUT2D eigenvalue weighted by molar-refractivity contribution is 5.38. The molecule has 2 heteroatoms. The Labute approximate surface area is 111 Å². The summed E-state index contributed by atoms with van der Waals surface area (Å²) >= 11 is 0. The lowest BCUT2D eigenvalue weighted by molar-refractivity contribution is 0.345. The Morgan fingerprint density at radius 1 is 1.28 bits per heavy atom. The third kappa shape index (κ3) is 2.69. The van der Waals surface area contributed by atoms with Crippen molar-refractivity contribution in [2.75, 3.05) is 14.2 Å². The van der Waals surface area contributed by atoms with Crippen molar-refractivity contribution < 1.29 is 4.74 Å². The van der Waals surface area contributed by atoms with Gasteiger partial charge < -0.3 is 10.1 Å². The van der Waals surface area contributed by atoms with Gasteiger partial charge in [-0.05, 0) is 49.9 Å². The molecule has 0 unspecified atom stereocenters. The molecule has 0 aromatic heterocycles. The van der Waals surface area contributed by atoms with Crippen LogP contribution in [0.2, 0.25) is 0 Å². The van der Waals surface area contributed by atoms with Crippen molar-refractivity contribution in [1.82, 2.24) is 5.32 Å². The Kier molecular flexibility index (Phi) is 4.28. The van der Waals surface area contributed by atoms with Crippen molar-refractivity contribution in [2.24, 2.45) is 0 Å². The van der Waals surface area contributed by atoms with E-state index < -0.39 is 0 Å². The first-order valence-electron chi connectivity index (χ1n) is 7.08. The van der Waals surface area contributed by atoms with Gasteiger partial charge in [0, 0.05) is 5.54 Å². The number of methoxy groups -OCH3 is 1. The van der Waals surface area contributed by atoms with E-state index in [0.717, 1.165) is 18.6 Å². The van der Waals surface area contributed by atoms with Gasteiger partial charge in [0.25, 0.3) is 0 Å². The van der Waals surface area contributed by atoms with Gasteiger partial charge in [-0.2, -0.15) is 0 Å². The average molecular weight is 247 g/mol. The Morgan fingerprint density at radius 3 is 2.56 bits per heavy atom. The van der Waals surface area contributed by atoms with Gasteiger partial charge in [0.15, 0.2) is 0 Å². The number of hydrogen-bond acceptors (Lipinski definition) is 2. The van der Waals surface area contributed by atoms with Crippen molar-refractivity contribution in [3.8, 4) is 5.75 Å². The second-order valence-electron chi connectivity index (χ2n) is 5.41. The van der Waals surface area contributed by atoms with Gasteiger partial charge in [-0.15, -0.1) is 0 Å². The van der Waals surface area contributed by atoms with Crippen molar-refractivity contribution in [1.29, 1.82) is 0 Å². The molecule has 0 saturated heterocycles. The van der Waals surface area contributed by atoms with Gasteiger partial charge in [0.05, 0.1) is 7.11 Å². The standard InChI is InChI=1S/C16H25NO/c1-4-13-7-8-15(18-3)14(11-13)12-16(17-2)9-5-6-10-16/h7-8,11,17H,4-6,9-10,12H2,1-3H3. The van der Waals surface area contributed by atoms with E-state index in [0.29, 0.717) is 5.54 Å². The lowest BCUT2D eigenvalue weighted by Gasteiger charge is -2.29. The van der Waals surface area contributed by atoms with Crippen LogP contribution in [0.3, 0.4) is 0 Å². The normalized spacial score (nSPS) is 17.9. The molecule has 1 aromatic rings. The fourth-order valence-corrected chi connectivity index (χ4v) is 3.12. The van der Waals surface area contributed by atoms with Crippen molar-refractivity contribution in [3.63, 3.8) is 0 Å². The highest BCUT2D eigenvalue weighted by Crippen LogP contribution is 2.35. The first-order valence-corrected chi connectivity index (χ1v) is 7.08. The van der Waals surface area contributed by atoms with E-state index in [1.807, 2.05) is 0 Å². The zero-order chi connectivity index (χ0) is 13.0. The van der Waals surface area contributed by atoms with Crippen LogP contribution in [0.5, 0.6) is 5.75 Å². The van der Waals surface area contributed by atoms with Crippen LogP contribution in [0, 0.1) is 0 Å². The number of likely N-dealkylation sites (N-methyl/N-ethyl adjacent to an activating group) is 1. The summed E-state index contributed by atoms with van der Waals surface area (Å²) in [4.78, 5) is 0. The van der Waals surface area contributed by atoms with E-state index in [-0.39, 0.29) is 0 Å². The third-order valence-electron chi connectivity index (χ3n) is 4.37. The molecule has 1 N–H and O–H groups in total. The predicted molar refractivity (Wildman–Crippen MR) is 76.3 cm³/mol. The Hall–Kier alpha value is -1.02. The molecule has 1 aliphatic rings. The van der Waals surface area contributed by atoms with E-state index in [1.165, 1.54) is 36.8 Å². The van der Waals surface area contributed by atoms with Gasteiger partial charge in [-0.1, -0.05) is 31.9 Å². The highest BCUT2D eigenvalue weighted by atomic mass is 16.5. The van der Waals surface area contributed by atoms with Crippen LogP contribution in [0.4, 0.5) is 0 Å². The van der Waals surface area contributed by atoms with Crippen LogP contribution < -0.4 is 10.1 Å². The third-order valence-corrected chi connectivity index (χ3v) is 4.37. The van der Waals surface area contributed by atoms with Crippen molar-refractivity contribution >= 4 is 0 Å². The zero-order valence-corrected chi connectivity index (χ0v) is 11.9. The molecule has 100 valence electrons. The number of rotatable bonds is 5. The van der Waals surface area contributed by atoms with E-state index in [9.17, 15) is 0 Å². The minimum atomic E-state index is 0.291. The molecule has 2 rings (SSSR count). The van der Waals surface area contributed by atoms with Crippen molar-refractivity contribution in [2.45, 2.75) is 51.0 Å². The molecule has 1 aromatic carbocycles. The molecule has 0 bridgehead atoms. The fraction of sp³-hybridized carbons (Fsp3) is 0.625. The molecular formula is C16H25NO. The summed E-state index contributed by atoms with van der Waals surface area (Å²) < 4.78 is 5.52. The SMILES string of the molecule is CCc1ccc(OC)c(CC2(NC)CCCC2)c1. The smallest absolute Gasteiger partial charge is 0.122 e. The maximum Gasteiger partial charge on any atom is 0.122 e. The topological polar surface area (TPSA) is 21.3 Å². The maximum absolute atomic E-state index is 5.52. The molecular weight excluding hydrogens is 222 g/mol. The highest BCUT2D eigenvalue weighted by Gasteiger charge is 2.32. The number of benzene rings is 1. The minimum Gasteiger partial charge on any atom is -0.496 e. The van der Waals surface area contributed by atoms with Crippen LogP contribution in [-0.4, -0.2) is 19.7 Å². The molecule has 0 spiro atoms. The quantitative estimate of drug-likeness (QED) is 0.861. The second-order valence-corrected chi connectivity index (χ2v) is 5.41. The molecule has 0 aliphatic heterocycles. The first-order chi connectivity index (χ1) is 8.73. The molecule has 1 aliphatic carbocycles. The summed E-state index contributed by atoms with van der Waals surface area (Å²) in [6, 6.07) is 6.60. The summed E-state index contributed by atoms with van der Waals surface area (Å²) in [6.07, 6.45) is 7.42. The largest absolute Gasteiger partial charge is 0.496 e. The summed E-state index contributed by atoms with van der Waals surface area (Å²) in [7, 11) is 3.87. The molecule has 0 radical (unpaired) electrons. The van der Waals surface area contributed by atoms with Crippen LogP contribution >= 0.6 is 0 Å². The van der Waals surface area contributed by atoms with Gasteiger partial charge in [0.2, 0.25) is 0 Å². The van der Waals surface area contributed by atoms with Crippen LogP contribution in [-0.2, 0) is 12.8 Å². The monoisotopic (exact) mass is 247 g/mol. The Bertz CT molecular complexity index is 394. The number of nitrogens with one attached hydrogen (secondary N) is 1. The lowest BCUT2D eigenvalue weighted by atomic mass is 9.88. The molecule has 1 fully saturated rings. The summed E-state index contributed by atoms with van der Waals surface area (Å²) in [5, 5.41) is 3.56. The Morgan fingerprint density at radius 2 is 2.00 bits per heavy atom. The minimum absolute atomic E-state index is 0.291. The molecule has 0 heterocycles.